The third-order valence-corrected chi connectivity index (χ3v) is 4.26. The number of nitrogens with zero attached hydrogens (tertiary/aromatic N) is 3. The van der Waals surface area contributed by atoms with Crippen LogP contribution in [0.1, 0.15) is 17.5 Å². The lowest BCUT2D eigenvalue weighted by Crippen LogP contribution is -2.01. The quantitative estimate of drug-likeness (QED) is 0.706. The zero-order valence-corrected chi connectivity index (χ0v) is 13.1. The number of aryl methyl sites for hydroxylation is 2. The number of fused-ring (bicyclic) bond motifs is 3. The van der Waals surface area contributed by atoms with Crippen molar-refractivity contribution in [3.63, 3.8) is 0 Å². The van der Waals surface area contributed by atoms with Crippen LogP contribution in [0.5, 0.6) is 0 Å². The monoisotopic (exact) mass is 316 g/mol. The van der Waals surface area contributed by atoms with Gasteiger partial charge >= 0.3 is 0 Å². The predicted octanol–water partition coefficient (Wildman–Crippen LogP) is 4.77. The molecule has 0 aliphatic heterocycles. The predicted molar refractivity (Wildman–Crippen MR) is 94.7 cm³/mol. The SMILES string of the molecule is O=Nc1ccc(Nc2ncc3c(n2)-c2ccccc2CCC3)cc1. The molecule has 1 aromatic heterocycles. The normalized spacial score (nSPS) is 12.7. The molecule has 3 aromatic rings. The van der Waals surface area contributed by atoms with Crippen LogP contribution >= 0.6 is 0 Å². The zero-order chi connectivity index (χ0) is 16.4. The van der Waals surface area contributed by atoms with Crippen LogP contribution in [0.2, 0.25) is 0 Å². The Balaban J connectivity index is 1.70. The molecule has 0 saturated carbocycles. The summed E-state index contributed by atoms with van der Waals surface area (Å²) in [5, 5.41) is 6.09. The maximum Gasteiger partial charge on any atom is 0.227 e. The number of anilines is 2. The number of nitroso groups, excluding NO2 is 1. The highest BCUT2D eigenvalue weighted by atomic mass is 16.3. The summed E-state index contributed by atoms with van der Waals surface area (Å²) in [6.07, 6.45) is 5.08. The summed E-state index contributed by atoms with van der Waals surface area (Å²) < 4.78 is 0. The fraction of sp³-hybridized carbons (Fsp3) is 0.158. The zero-order valence-electron chi connectivity index (χ0n) is 13.1. The lowest BCUT2D eigenvalue weighted by Gasteiger charge is -2.11. The van der Waals surface area contributed by atoms with Crippen molar-refractivity contribution < 1.29 is 0 Å². The smallest absolute Gasteiger partial charge is 0.227 e. The van der Waals surface area contributed by atoms with E-state index in [9.17, 15) is 4.91 Å². The first-order valence-corrected chi connectivity index (χ1v) is 7.98. The van der Waals surface area contributed by atoms with E-state index in [4.69, 9.17) is 4.98 Å². The largest absolute Gasteiger partial charge is 0.324 e. The van der Waals surface area contributed by atoms with Gasteiger partial charge in [-0.15, -0.1) is 4.91 Å². The number of hydrogen-bond donors (Lipinski definition) is 1. The molecule has 1 N–H and O–H groups in total. The molecule has 0 radical (unpaired) electrons. The number of hydrogen-bond acceptors (Lipinski definition) is 5. The van der Waals surface area contributed by atoms with Gasteiger partial charge < -0.3 is 5.32 Å². The fourth-order valence-corrected chi connectivity index (χ4v) is 3.06. The average molecular weight is 316 g/mol. The highest BCUT2D eigenvalue weighted by molar-refractivity contribution is 5.69. The van der Waals surface area contributed by atoms with E-state index in [1.807, 2.05) is 12.3 Å². The summed E-state index contributed by atoms with van der Waals surface area (Å²) in [5.41, 5.74) is 5.94. The third kappa shape index (κ3) is 2.76. The molecule has 2 aromatic carbocycles. The molecular formula is C19H16N4O. The van der Waals surface area contributed by atoms with Crippen molar-refractivity contribution in [2.75, 3.05) is 5.32 Å². The van der Waals surface area contributed by atoms with E-state index in [1.165, 1.54) is 16.7 Å². The van der Waals surface area contributed by atoms with Gasteiger partial charge in [-0.2, -0.15) is 0 Å². The molecule has 1 aliphatic carbocycles. The Hall–Kier alpha value is -3.08. The van der Waals surface area contributed by atoms with Crippen LogP contribution in [0.25, 0.3) is 11.3 Å². The van der Waals surface area contributed by atoms with Crippen LogP contribution in [-0.4, -0.2) is 9.97 Å². The van der Waals surface area contributed by atoms with E-state index >= 15 is 0 Å². The fourth-order valence-electron chi connectivity index (χ4n) is 3.06. The van der Waals surface area contributed by atoms with Gasteiger partial charge in [-0.25, -0.2) is 9.97 Å². The van der Waals surface area contributed by atoms with Gasteiger partial charge in [-0.05, 0) is 59.8 Å². The molecule has 1 heterocycles. The first-order chi connectivity index (χ1) is 11.8. The van der Waals surface area contributed by atoms with Crippen molar-refractivity contribution in [3.8, 4) is 11.3 Å². The molecule has 0 atom stereocenters. The van der Waals surface area contributed by atoms with Gasteiger partial charge in [0.05, 0.1) is 5.69 Å². The molecule has 24 heavy (non-hydrogen) atoms. The highest BCUT2D eigenvalue weighted by Crippen LogP contribution is 2.31. The molecule has 4 rings (SSSR count). The second-order valence-corrected chi connectivity index (χ2v) is 5.84. The van der Waals surface area contributed by atoms with Crippen LogP contribution in [0.15, 0.2) is 59.9 Å². The second-order valence-electron chi connectivity index (χ2n) is 5.84. The lowest BCUT2D eigenvalue weighted by molar-refractivity contribution is 0.829. The summed E-state index contributed by atoms with van der Waals surface area (Å²) >= 11 is 0. The Kier molecular flexibility index (Phi) is 3.75. The van der Waals surface area contributed by atoms with Crippen LogP contribution in [0, 0.1) is 4.91 Å². The molecular weight excluding hydrogens is 300 g/mol. The Bertz CT molecular complexity index is 890. The second kappa shape index (κ2) is 6.20. The summed E-state index contributed by atoms with van der Waals surface area (Å²) in [4.78, 5) is 19.7. The van der Waals surface area contributed by atoms with Crippen LogP contribution in [0.4, 0.5) is 17.3 Å². The first-order valence-electron chi connectivity index (χ1n) is 7.98. The van der Waals surface area contributed by atoms with Crippen molar-refractivity contribution >= 4 is 17.3 Å². The lowest BCUT2D eigenvalue weighted by atomic mass is 10.0. The van der Waals surface area contributed by atoms with E-state index < -0.39 is 0 Å². The maximum atomic E-state index is 10.5. The van der Waals surface area contributed by atoms with Gasteiger partial charge in [0.1, 0.15) is 5.69 Å². The minimum atomic E-state index is 0.400. The van der Waals surface area contributed by atoms with Gasteiger partial charge in [0, 0.05) is 17.4 Å². The molecule has 5 nitrogen and oxygen atoms in total. The summed E-state index contributed by atoms with van der Waals surface area (Å²) in [5.74, 6) is 0.553. The molecule has 0 unspecified atom stereocenters. The van der Waals surface area contributed by atoms with Gasteiger partial charge in [0.2, 0.25) is 5.95 Å². The van der Waals surface area contributed by atoms with Gasteiger partial charge in [0.25, 0.3) is 0 Å². The number of benzene rings is 2. The number of aromatic nitrogens is 2. The highest BCUT2D eigenvalue weighted by Gasteiger charge is 2.16. The van der Waals surface area contributed by atoms with Crippen LogP contribution < -0.4 is 5.32 Å². The molecule has 5 heteroatoms. The van der Waals surface area contributed by atoms with E-state index in [0.717, 1.165) is 30.6 Å². The molecule has 0 bridgehead atoms. The first kappa shape index (κ1) is 14.5. The van der Waals surface area contributed by atoms with Crippen LogP contribution in [-0.2, 0) is 12.8 Å². The molecule has 118 valence electrons. The summed E-state index contributed by atoms with van der Waals surface area (Å²) in [6, 6.07) is 15.3. The standard InChI is InChI=1S/C19H16N4O/c24-23-16-10-8-15(9-11-16)21-19-20-12-14-6-3-5-13-4-1-2-7-17(13)18(14)22-19/h1-2,4,7-12H,3,5-6H2,(H,20,21,22). The number of nitrogens with one attached hydrogen (secondary N) is 1. The van der Waals surface area contributed by atoms with Crippen molar-refractivity contribution in [2.45, 2.75) is 19.3 Å². The molecule has 0 spiro atoms. The Morgan fingerprint density at radius 2 is 1.75 bits per heavy atom. The van der Waals surface area contributed by atoms with E-state index in [2.05, 4.69) is 33.7 Å². The minimum Gasteiger partial charge on any atom is -0.324 e. The van der Waals surface area contributed by atoms with Crippen molar-refractivity contribution in [1.29, 1.82) is 0 Å². The van der Waals surface area contributed by atoms with E-state index in [1.54, 1.807) is 24.3 Å². The molecule has 0 fully saturated rings. The van der Waals surface area contributed by atoms with Crippen molar-refractivity contribution in [3.05, 3.63) is 70.8 Å². The average Bonchev–Trinajstić information content (AvgIpc) is 2.82. The maximum absolute atomic E-state index is 10.5. The minimum absolute atomic E-state index is 0.400. The molecule has 1 aliphatic rings. The number of rotatable bonds is 3. The van der Waals surface area contributed by atoms with Gasteiger partial charge in [-0.1, -0.05) is 24.3 Å². The van der Waals surface area contributed by atoms with Gasteiger partial charge in [-0.3, -0.25) is 0 Å². The third-order valence-electron chi connectivity index (χ3n) is 4.26. The van der Waals surface area contributed by atoms with E-state index in [0.29, 0.717) is 11.6 Å². The van der Waals surface area contributed by atoms with Gasteiger partial charge in [0.15, 0.2) is 0 Å². The topological polar surface area (TPSA) is 67.2 Å². The van der Waals surface area contributed by atoms with Crippen molar-refractivity contribution in [2.24, 2.45) is 5.18 Å². The summed E-state index contributed by atoms with van der Waals surface area (Å²) in [7, 11) is 0. The molecule has 0 saturated heterocycles. The van der Waals surface area contributed by atoms with Crippen molar-refractivity contribution in [1.82, 2.24) is 9.97 Å². The Morgan fingerprint density at radius 3 is 2.58 bits per heavy atom. The Morgan fingerprint density at radius 1 is 0.958 bits per heavy atom. The van der Waals surface area contributed by atoms with E-state index in [-0.39, 0.29) is 0 Å². The molecule has 0 amide bonds. The van der Waals surface area contributed by atoms with Crippen LogP contribution in [0.3, 0.4) is 0 Å². The Labute approximate surface area is 139 Å². The summed E-state index contributed by atoms with van der Waals surface area (Å²) in [6.45, 7) is 0.